The molecule has 1 aliphatic rings. The molecule has 0 heterocycles. The Bertz CT molecular complexity index is 465. The highest BCUT2D eigenvalue weighted by Crippen LogP contribution is 2.26. The zero-order chi connectivity index (χ0) is 13.8. The Hall–Kier alpha value is -0.510. The third-order valence-corrected chi connectivity index (χ3v) is 4.39. The molecule has 19 heavy (non-hydrogen) atoms. The van der Waals surface area contributed by atoms with E-state index >= 15 is 0 Å². The molecular formula is C14H18Cl2N2S. The highest BCUT2D eigenvalue weighted by molar-refractivity contribution is 7.80. The van der Waals surface area contributed by atoms with E-state index in [0.717, 1.165) is 5.69 Å². The van der Waals surface area contributed by atoms with Crippen molar-refractivity contribution < 1.29 is 0 Å². The first-order chi connectivity index (χ1) is 9.06. The molecule has 2 rings (SSSR count). The first-order valence-corrected chi connectivity index (χ1v) is 7.75. The Balaban J connectivity index is 1.95. The van der Waals surface area contributed by atoms with Crippen molar-refractivity contribution >= 4 is 46.2 Å². The van der Waals surface area contributed by atoms with Crippen LogP contribution >= 0.6 is 35.4 Å². The molecule has 2 atom stereocenters. The fraction of sp³-hybridized carbons (Fsp3) is 0.500. The number of anilines is 1. The lowest BCUT2D eigenvalue weighted by Crippen LogP contribution is -2.43. The van der Waals surface area contributed by atoms with E-state index in [0.29, 0.717) is 27.1 Å². The van der Waals surface area contributed by atoms with Gasteiger partial charge in [0.2, 0.25) is 0 Å². The van der Waals surface area contributed by atoms with Crippen LogP contribution in [0.15, 0.2) is 18.2 Å². The van der Waals surface area contributed by atoms with Gasteiger partial charge in [-0.3, -0.25) is 0 Å². The number of hydrogen-bond donors (Lipinski definition) is 2. The van der Waals surface area contributed by atoms with Crippen LogP contribution in [0.2, 0.25) is 10.0 Å². The SMILES string of the molecule is CC1CCCCC1NC(=S)Nc1cc(Cl)ccc1Cl. The second kappa shape index (κ2) is 6.78. The molecule has 104 valence electrons. The van der Waals surface area contributed by atoms with Gasteiger partial charge in [0.1, 0.15) is 0 Å². The van der Waals surface area contributed by atoms with Crippen molar-refractivity contribution in [1.29, 1.82) is 0 Å². The van der Waals surface area contributed by atoms with E-state index in [4.69, 9.17) is 35.4 Å². The van der Waals surface area contributed by atoms with Gasteiger partial charge in [0.25, 0.3) is 0 Å². The number of halogens is 2. The summed E-state index contributed by atoms with van der Waals surface area (Å²) in [6, 6.07) is 5.75. The second-order valence-corrected chi connectivity index (χ2v) is 6.34. The van der Waals surface area contributed by atoms with Gasteiger partial charge in [-0.1, -0.05) is 43.0 Å². The number of nitrogens with one attached hydrogen (secondary N) is 2. The molecule has 1 fully saturated rings. The fourth-order valence-electron chi connectivity index (χ4n) is 2.45. The van der Waals surface area contributed by atoms with E-state index in [1.165, 1.54) is 25.7 Å². The summed E-state index contributed by atoms with van der Waals surface area (Å²) in [5.74, 6) is 0.656. The van der Waals surface area contributed by atoms with Gasteiger partial charge in [0.15, 0.2) is 5.11 Å². The van der Waals surface area contributed by atoms with Gasteiger partial charge in [0, 0.05) is 11.1 Å². The molecule has 0 aliphatic heterocycles. The summed E-state index contributed by atoms with van der Waals surface area (Å²) in [6.45, 7) is 2.27. The topological polar surface area (TPSA) is 24.1 Å². The summed E-state index contributed by atoms with van der Waals surface area (Å²) in [5, 5.41) is 8.37. The first-order valence-electron chi connectivity index (χ1n) is 6.59. The highest BCUT2D eigenvalue weighted by Gasteiger charge is 2.21. The van der Waals surface area contributed by atoms with E-state index in [2.05, 4.69) is 17.6 Å². The number of rotatable bonds is 2. The summed E-state index contributed by atoms with van der Waals surface area (Å²) in [5.41, 5.74) is 0.745. The smallest absolute Gasteiger partial charge is 0.171 e. The largest absolute Gasteiger partial charge is 0.359 e. The van der Waals surface area contributed by atoms with Gasteiger partial charge in [-0.25, -0.2) is 0 Å². The Labute approximate surface area is 129 Å². The molecule has 0 amide bonds. The molecule has 5 heteroatoms. The molecule has 0 saturated heterocycles. The van der Waals surface area contributed by atoms with Gasteiger partial charge in [-0.15, -0.1) is 0 Å². The second-order valence-electron chi connectivity index (χ2n) is 5.09. The van der Waals surface area contributed by atoms with E-state index < -0.39 is 0 Å². The first kappa shape index (κ1) is 14.9. The summed E-state index contributed by atoms with van der Waals surface area (Å²) in [6.07, 6.45) is 5.02. The van der Waals surface area contributed by atoms with Crippen LogP contribution in [0.3, 0.4) is 0 Å². The van der Waals surface area contributed by atoms with Gasteiger partial charge in [-0.2, -0.15) is 0 Å². The predicted octanol–water partition coefficient (Wildman–Crippen LogP) is 4.86. The zero-order valence-corrected chi connectivity index (χ0v) is 13.2. The minimum Gasteiger partial charge on any atom is -0.359 e. The molecule has 1 saturated carbocycles. The summed E-state index contributed by atoms with van der Waals surface area (Å²) >= 11 is 17.4. The molecule has 0 bridgehead atoms. The molecule has 2 unspecified atom stereocenters. The predicted molar refractivity (Wildman–Crippen MR) is 87.2 cm³/mol. The number of hydrogen-bond acceptors (Lipinski definition) is 1. The molecular weight excluding hydrogens is 299 g/mol. The maximum absolute atomic E-state index is 6.10. The maximum atomic E-state index is 6.10. The van der Waals surface area contributed by atoms with Crippen molar-refractivity contribution in [3.8, 4) is 0 Å². The molecule has 1 aromatic carbocycles. The van der Waals surface area contributed by atoms with E-state index in [1.54, 1.807) is 18.2 Å². The average Bonchev–Trinajstić information content (AvgIpc) is 2.37. The van der Waals surface area contributed by atoms with Crippen LogP contribution in [0.1, 0.15) is 32.6 Å². The highest BCUT2D eigenvalue weighted by atomic mass is 35.5. The lowest BCUT2D eigenvalue weighted by molar-refractivity contribution is 0.309. The minimum absolute atomic E-state index is 0.451. The molecule has 0 spiro atoms. The Kier molecular flexibility index (Phi) is 5.31. The summed E-state index contributed by atoms with van der Waals surface area (Å²) < 4.78 is 0. The third-order valence-electron chi connectivity index (χ3n) is 3.60. The number of thiocarbonyl (C=S) groups is 1. The zero-order valence-electron chi connectivity index (χ0n) is 10.9. The molecule has 2 nitrogen and oxygen atoms in total. The Morgan fingerprint density at radius 1 is 1.26 bits per heavy atom. The monoisotopic (exact) mass is 316 g/mol. The van der Waals surface area contributed by atoms with Gasteiger partial charge in [0.05, 0.1) is 10.7 Å². The van der Waals surface area contributed by atoms with Gasteiger partial charge in [-0.05, 0) is 49.2 Å². The normalized spacial score (nSPS) is 22.9. The Morgan fingerprint density at radius 3 is 2.74 bits per heavy atom. The Morgan fingerprint density at radius 2 is 2.00 bits per heavy atom. The molecule has 2 N–H and O–H groups in total. The average molecular weight is 317 g/mol. The van der Waals surface area contributed by atoms with Crippen molar-refractivity contribution in [2.24, 2.45) is 5.92 Å². The van der Waals surface area contributed by atoms with Crippen LogP contribution in [0, 0.1) is 5.92 Å². The lowest BCUT2D eigenvalue weighted by atomic mass is 9.86. The van der Waals surface area contributed by atoms with Crippen LogP contribution in [0.4, 0.5) is 5.69 Å². The molecule has 1 aliphatic carbocycles. The minimum atomic E-state index is 0.451. The van der Waals surface area contributed by atoms with Crippen LogP contribution in [0.5, 0.6) is 0 Å². The van der Waals surface area contributed by atoms with Crippen LogP contribution in [-0.2, 0) is 0 Å². The fourth-order valence-corrected chi connectivity index (χ4v) is 3.05. The van der Waals surface area contributed by atoms with E-state index in [-0.39, 0.29) is 0 Å². The van der Waals surface area contributed by atoms with Crippen molar-refractivity contribution in [3.05, 3.63) is 28.2 Å². The van der Waals surface area contributed by atoms with Crippen molar-refractivity contribution in [1.82, 2.24) is 5.32 Å². The van der Waals surface area contributed by atoms with E-state index in [9.17, 15) is 0 Å². The van der Waals surface area contributed by atoms with Crippen LogP contribution < -0.4 is 10.6 Å². The van der Waals surface area contributed by atoms with Crippen molar-refractivity contribution in [3.63, 3.8) is 0 Å². The van der Waals surface area contributed by atoms with Crippen LogP contribution in [-0.4, -0.2) is 11.2 Å². The molecule has 0 aromatic heterocycles. The molecule has 1 aromatic rings. The maximum Gasteiger partial charge on any atom is 0.171 e. The van der Waals surface area contributed by atoms with Gasteiger partial charge < -0.3 is 10.6 Å². The van der Waals surface area contributed by atoms with Gasteiger partial charge >= 0.3 is 0 Å². The summed E-state index contributed by atoms with van der Waals surface area (Å²) in [4.78, 5) is 0. The number of benzene rings is 1. The third kappa shape index (κ3) is 4.23. The van der Waals surface area contributed by atoms with Crippen molar-refractivity contribution in [2.75, 3.05) is 5.32 Å². The standard InChI is InChI=1S/C14H18Cl2N2S/c1-9-4-2-3-5-12(9)17-14(19)18-13-8-10(15)6-7-11(13)16/h6-9,12H,2-5H2,1H3,(H2,17,18,19). The molecule has 0 radical (unpaired) electrons. The quantitative estimate of drug-likeness (QED) is 0.762. The van der Waals surface area contributed by atoms with Crippen LogP contribution in [0.25, 0.3) is 0 Å². The lowest BCUT2D eigenvalue weighted by Gasteiger charge is -2.30. The summed E-state index contributed by atoms with van der Waals surface area (Å²) in [7, 11) is 0. The van der Waals surface area contributed by atoms with Crippen molar-refractivity contribution in [2.45, 2.75) is 38.6 Å². The van der Waals surface area contributed by atoms with E-state index in [1.807, 2.05) is 0 Å².